The summed E-state index contributed by atoms with van der Waals surface area (Å²) in [4.78, 5) is 25.5. The number of carbonyl (C=O) groups is 2. The van der Waals surface area contributed by atoms with Gasteiger partial charge in [-0.2, -0.15) is 0 Å². The van der Waals surface area contributed by atoms with Crippen molar-refractivity contribution in [3.63, 3.8) is 0 Å². The zero-order valence-electron chi connectivity index (χ0n) is 11.5. The summed E-state index contributed by atoms with van der Waals surface area (Å²) in [7, 11) is 0. The third-order valence-corrected chi connectivity index (χ3v) is 4.48. The number of hydrogen-bond donors (Lipinski definition) is 1. The average molecular weight is 337 g/mol. The lowest BCUT2D eigenvalue weighted by molar-refractivity contribution is 0.0916. The lowest BCUT2D eigenvalue weighted by atomic mass is 10.2. The van der Waals surface area contributed by atoms with Crippen molar-refractivity contribution >= 4 is 39.9 Å². The molecule has 1 N–H and O–H groups in total. The fraction of sp³-hybridized carbons (Fsp3) is 0.200. The SMILES string of the molecule is O=C(NCC1CN(c2cccs2)C(=O)O1)c1ccccc1Cl. The predicted molar refractivity (Wildman–Crippen MR) is 85.7 cm³/mol. The first-order valence-corrected chi connectivity index (χ1v) is 7.95. The zero-order valence-corrected chi connectivity index (χ0v) is 13.1. The predicted octanol–water partition coefficient (Wildman–Crippen LogP) is 3.16. The first-order chi connectivity index (χ1) is 10.6. The quantitative estimate of drug-likeness (QED) is 0.933. The average Bonchev–Trinajstić information content (AvgIpc) is 3.14. The second-order valence-electron chi connectivity index (χ2n) is 4.76. The minimum absolute atomic E-state index is 0.248. The second kappa shape index (κ2) is 6.37. The molecular formula is C15H13ClN2O3S. The normalized spacial score (nSPS) is 17.4. The van der Waals surface area contributed by atoms with Crippen molar-refractivity contribution in [3.8, 4) is 0 Å². The molecule has 5 nitrogen and oxygen atoms in total. The molecule has 0 spiro atoms. The van der Waals surface area contributed by atoms with Crippen LogP contribution in [0.2, 0.25) is 5.02 Å². The van der Waals surface area contributed by atoms with Crippen molar-refractivity contribution in [2.75, 3.05) is 18.0 Å². The van der Waals surface area contributed by atoms with Crippen LogP contribution in [0.5, 0.6) is 0 Å². The van der Waals surface area contributed by atoms with Crippen molar-refractivity contribution < 1.29 is 14.3 Å². The van der Waals surface area contributed by atoms with Gasteiger partial charge in [0, 0.05) is 0 Å². The Morgan fingerprint density at radius 1 is 1.36 bits per heavy atom. The molecule has 2 aromatic rings. The van der Waals surface area contributed by atoms with E-state index in [0.29, 0.717) is 17.1 Å². The number of hydrogen-bond acceptors (Lipinski definition) is 4. The molecule has 1 saturated heterocycles. The van der Waals surface area contributed by atoms with Crippen LogP contribution in [0.1, 0.15) is 10.4 Å². The van der Waals surface area contributed by atoms with Crippen LogP contribution in [0.3, 0.4) is 0 Å². The van der Waals surface area contributed by atoms with E-state index in [2.05, 4.69) is 5.32 Å². The van der Waals surface area contributed by atoms with Crippen LogP contribution in [0.15, 0.2) is 41.8 Å². The third-order valence-electron chi connectivity index (χ3n) is 3.26. The van der Waals surface area contributed by atoms with Crippen LogP contribution in [0.4, 0.5) is 9.80 Å². The maximum atomic E-state index is 12.1. The summed E-state index contributed by atoms with van der Waals surface area (Å²) >= 11 is 7.44. The molecule has 1 aliphatic heterocycles. The molecule has 0 radical (unpaired) electrons. The minimum atomic E-state index is -0.389. The van der Waals surface area contributed by atoms with Gasteiger partial charge in [0.1, 0.15) is 11.1 Å². The van der Waals surface area contributed by atoms with Crippen LogP contribution < -0.4 is 10.2 Å². The Balaban J connectivity index is 1.58. The van der Waals surface area contributed by atoms with Gasteiger partial charge in [-0.1, -0.05) is 23.7 Å². The molecule has 1 atom stereocenters. The molecule has 7 heteroatoms. The highest BCUT2D eigenvalue weighted by Gasteiger charge is 2.33. The summed E-state index contributed by atoms with van der Waals surface area (Å²) in [5, 5.41) is 5.87. The Bertz CT molecular complexity index is 690. The molecule has 1 fully saturated rings. The Kier molecular flexibility index (Phi) is 4.31. The molecule has 1 aromatic carbocycles. The van der Waals surface area contributed by atoms with E-state index >= 15 is 0 Å². The lowest BCUT2D eigenvalue weighted by Gasteiger charge is -2.11. The summed E-state index contributed by atoms with van der Waals surface area (Å²) in [6, 6.07) is 10.5. The van der Waals surface area contributed by atoms with Crippen molar-refractivity contribution in [3.05, 3.63) is 52.4 Å². The number of cyclic esters (lactones) is 1. The number of nitrogens with one attached hydrogen (secondary N) is 1. The van der Waals surface area contributed by atoms with Crippen molar-refractivity contribution in [2.24, 2.45) is 0 Å². The fourth-order valence-corrected chi connectivity index (χ4v) is 3.13. The van der Waals surface area contributed by atoms with Crippen LogP contribution in [0, 0.1) is 0 Å². The van der Waals surface area contributed by atoms with Gasteiger partial charge in [0.15, 0.2) is 0 Å². The zero-order chi connectivity index (χ0) is 15.5. The Morgan fingerprint density at radius 2 is 2.18 bits per heavy atom. The van der Waals surface area contributed by atoms with E-state index in [0.717, 1.165) is 5.00 Å². The van der Waals surface area contributed by atoms with Gasteiger partial charge in [0.2, 0.25) is 0 Å². The largest absolute Gasteiger partial charge is 0.442 e. The number of ether oxygens (including phenoxy) is 1. The summed E-state index contributed by atoms with van der Waals surface area (Å²) < 4.78 is 5.26. The summed E-state index contributed by atoms with van der Waals surface area (Å²) in [6.45, 7) is 0.666. The molecule has 3 rings (SSSR count). The number of benzene rings is 1. The standard InChI is InChI=1S/C15H13ClN2O3S/c16-12-5-2-1-4-11(12)14(19)17-8-10-9-18(15(20)21-10)13-6-3-7-22-13/h1-7,10H,8-9H2,(H,17,19). The van der Waals surface area contributed by atoms with E-state index < -0.39 is 0 Å². The van der Waals surface area contributed by atoms with E-state index in [1.54, 1.807) is 29.2 Å². The topological polar surface area (TPSA) is 58.6 Å². The van der Waals surface area contributed by atoms with Gasteiger partial charge in [0.25, 0.3) is 5.91 Å². The lowest BCUT2D eigenvalue weighted by Crippen LogP contribution is -2.34. The second-order valence-corrected chi connectivity index (χ2v) is 6.09. The van der Waals surface area contributed by atoms with Gasteiger partial charge >= 0.3 is 6.09 Å². The first-order valence-electron chi connectivity index (χ1n) is 6.69. The number of thiophene rings is 1. The Hall–Kier alpha value is -2.05. The van der Waals surface area contributed by atoms with Gasteiger partial charge in [-0.05, 0) is 29.6 Å². The molecule has 114 valence electrons. The third kappa shape index (κ3) is 3.08. The fourth-order valence-electron chi connectivity index (χ4n) is 2.18. The van der Waals surface area contributed by atoms with Crippen LogP contribution >= 0.6 is 22.9 Å². The summed E-state index contributed by atoms with van der Waals surface area (Å²) in [5.41, 5.74) is 0.406. The van der Waals surface area contributed by atoms with Gasteiger partial charge in [0.05, 0.1) is 23.7 Å². The highest BCUT2D eigenvalue weighted by molar-refractivity contribution is 7.14. The number of nitrogens with zero attached hydrogens (tertiary/aromatic N) is 1. The van der Waals surface area contributed by atoms with Gasteiger partial charge in [-0.25, -0.2) is 4.79 Å². The number of anilines is 1. The minimum Gasteiger partial charge on any atom is -0.442 e. The molecule has 1 aromatic heterocycles. The van der Waals surface area contributed by atoms with Gasteiger partial charge < -0.3 is 10.1 Å². The monoisotopic (exact) mass is 336 g/mol. The van der Waals surface area contributed by atoms with E-state index in [-0.39, 0.29) is 24.6 Å². The van der Waals surface area contributed by atoms with Gasteiger partial charge in [-0.15, -0.1) is 11.3 Å². The van der Waals surface area contributed by atoms with E-state index in [1.165, 1.54) is 11.3 Å². The highest BCUT2D eigenvalue weighted by Crippen LogP contribution is 2.26. The van der Waals surface area contributed by atoms with E-state index in [1.807, 2.05) is 17.5 Å². The molecule has 2 heterocycles. The van der Waals surface area contributed by atoms with E-state index in [9.17, 15) is 9.59 Å². The van der Waals surface area contributed by atoms with Crippen LogP contribution in [0.25, 0.3) is 0 Å². The first kappa shape index (κ1) is 14.9. The molecule has 22 heavy (non-hydrogen) atoms. The molecule has 0 saturated carbocycles. The smallest absolute Gasteiger partial charge is 0.415 e. The summed E-state index contributed by atoms with van der Waals surface area (Å²) in [5.74, 6) is -0.281. The Labute approximate surface area is 136 Å². The highest BCUT2D eigenvalue weighted by atomic mass is 35.5. The number of halogens is 1. The van der Waals surface area contributed by atoms with E-state index in [4.69, 9.17) is 16.3 Å². The molecule has 1 aliphatic rings. The van der Waals surface area contributed by atoms with Crippen molar-refractivity contribution in [2.45, 2.75) is 6.10 Å². The maximum absolute atomic E-state index is 12.1. The van der Waals surface area contributed by atoms with Crippen LogP contribution in [-0.4, -0.2) is 31.2 Å². The molecule has 2 amide bonds. The molecular weight excluding hydrogens is 324 g/mol. The van der Waals surface area contributed by atoms with Crippen LogP contribution in [-0.2, 0) is 4.74 Å². The van der Waals surface area contributed by atoms with Crippen molar-refractivity contribution in [1.29, 1.82) is 0 Å². The molecule has 1 unspecified atom stereocenters. The molecule has 0 aliphatic carbocycles. The Morgan fingerprint density at radius 3 is 2.91 bits per heavy atom. The number of amides is 2. The summed E-state index contributed by atoms with van der Waals surface area (Å²) in [6.07, 6.45) is -0.763. The van der Waals surface area contributed by atoms with Gasteiger partial charge in [-0.3, -0.25) is 9.69 Å². The number of rotatable bonds is 4. The molecule has 0 bridgehead atoms. The van der Waals surface area contributed by atoms with Crippen molar-refractivity contribution in [1.82, 2.24) is 5.32 Å². The number of carbonyl (C=O) groups excluding carboxylic acids is 2. The maximum Gasteiger partial charge on any atom is 0.415 e.